The van der Waals surface area contributed by atoms with Crippen molar-refractivity contribution in [3.05, 3.63) is 29.6 Å². The van der Waals surface area contributed by atoms with E-state index in [0.717, 1.165) is 12.8 Å². The number of carboxylic acid groups (broad SMARTS) is 1. The van der Waals surface area contributed by atoms with Gasteiger partial charge in [0.05, 0.1) is 5.69 Å². The SMILES string of the molecule is CC1(CNc2cccc(F)c2C(=O)O)CCCCC1. The first kappa shape index (κ1) is 13.8. The number of hydrogen-bond donors (Lipinski definition) is 2. The van der Waals surface area contributed by atoms with Gasteiger partial charge in [0.25, 0.3) is 0 Å². The molecule has 3 nitrogen and oxygen atoms in total. The molecule has 1 aromatic rings. The van der Waals surface area contributed by atoms with Crippen LogP contribution in [0, 0.1) is 11.2 Å². The molecule has 0 unspecified atom stereocenters. The molecule has 2 N–H and O–H groups in total. The molecule has 0 spiro atoms. The number of nitrogens with one attached hydrogen (secondary N) is 1. The second-order valence-corrected chi connectivity index (χ2v) is 5.69. The Labute approximate surface area is 112 Å². The van der Waals surface area contributed by atoms with Crippen LogP contribution in [-0.2, 0) is 0 Å². The Hall–Kier alpha value is -1.58. The predicted octanol–water partition coefficient (Wildman–Crippen LogP) is 3.91. The van der Waals surface area contributed by atoms with Gasteiger partial charge < -0.3 is 10.4 Å². The highest BCUT2D eigenvalue weighted by atomic mass is 19.1. The second kappa shape index (κ2) is 5.59. The van der Waals surface area contributed by atoms with E-state index in [1.165, 1.54) is 31.4 Å². The molecule has 1 aliphatic rings. The van der Waals surface area contributed by atoms with E-state index in [0.29, 0.717) is 12.2 Å². The van der Waals surface area contributed by atoms with Crippen molar-refractivity contribution < 1.29 is 14.3 Å². The first-order valence-electron chi connectivity index (χ1n) is 6.77. The van der Waals surface area contributed by atoms with Crippen LogP contribution in [-0.4, -0.2) is 17.6 Å². The van der Waals surface area contributed by atoms with Crippen molar-refractivity contribution in [3.8, 4) is 0 Å². The van der Waals surface area contributed by atoms with Gasteiger partial charge in [-0.05, 0) is 30.4 Å². The molecule has 0 bridgehead atoms. The number of carboxylic acids is 1. The van der Waals surface area contributed by atoms with Crippen molar-refractivity contribution in [1.29, 1.82) is 0 Å². The molecule has 1 fully saturated rings. The van der Waals surface area contributed by atoms with Crippen LogP contribution in [0.1, 0.15) is 49.4 Å². The normalized spacial score (nSPS) is 18.0. The standard InChI is InChI=1S/C15H20FNO2/c1-15(8-3-2-4-9-15)10-17-12-7-5-6-11(16)13(12)14(18)19/h5-7,17H,2-4,8-10H2,1H3,(H,18,19). The van der Waals surface area contributed by atoms with Gasteiger partial charge >= 0.3 is 5.97 Å². The zero-order valence-electron chi connectivity index (χ0n) is 11.2. The maximum atomic E-state index is 13.5. The first-order valence-corrected chi connectivity index (χ1v) is 6.77. The smallest absolute Gasteiger partial charge is 0.340 e. The fraction of sp³-hybridized carbons (Fsp3) is 0.533. The first-order chi connectivity index (χ1) is 9.02. The quantitative estimate of drug-likeness (QED) is 0.867. The molecule has 2 rings (SSSR count). The third kappa shape index (κ3) is 3.25. The van der Waals surface area contributed by atoms with E-state index in [4.69, 9.17) is 5.11 Å². The van der Waals surface area contributed by atoms with E-state index < -0.39 is 11.8 Å². The molecule has 4 heteroatoms. The second-order valence-electron chi connectivity index (χ2n) is 5.69. The van der Waals surface area contributed by atoms with Crippen molar-refractivity contribution >= 4 is 11.7 Å². The summed E-state index contributed by atoms with van der Waals surface area (Å²) in [6.07, 6.45) is 5.98. The van der Waals surface area contributed by atoms with E-state index in [2.05, 4.69) is 12.2 Å². The lowest BCUT2D eigenvalue weighted by Gasteiger charge is -2.34. The fourth-order valence-corrected chi connectivity index (χ4v) is 2.78. The highest BCUT2D eigenvalue weighted by Gasteiger charge is 2.27. The number of rotatable bonds is 4. The van der Waals surface area contributed by atoms with Crippen molar-refractivity contribution in [3.63, 3.8) is 0 Å². The Balaban J connectivity index is 2.11. The lowest BCUT2D eigenvalue weighted by atomic mass is 9.75. The molecule has 0 aromatic heterocycles. The van der Waals surface area contributed by atoms with Gasteiger partial charge in [-0.3, -0.25) is 0 Å². The van der Waals surface area contributed by atoms with Crippen LogP contribution >= 0.6 is 0 Å². The largest absolute Gasteiger partial charge is 0.478 e. The van der Waals surface area contributed by atoms with Gasteiger partial charge in [0, 0.05) is 6.54 Å². The molecule has 0 atom stereocenters. The lowest BCUT2D eigenvalue weighted by Crippen LogP contribution is -2.29. The molecule has 0 radical (unpaired) electrons. The molecule has 1 aromatic carbocycles. The summed E-state index contributed by atoms with van der Waals surface area (Å²) < 4.78 is 13.5. The van der Waals surface area contributed by atoms with Crippen LogP contribution in [0.3, 0.4) is 0 Å². The van der Waals surface area contributed by atoms with Gasteiger partial charge in [-0.25, -0.2) is 9.18 Å². The molecule has 0 aliphatic heterocycles. The maximum Gasteiger partial charge on any atom is 0.340 e. The van der Waals surface area contributed by atoms with E-state index in [1.807, 2.05) is 0 Å². The fourth-order valence-electron chi connectivity index (χ4n) is 2.78. The van der Waals surface area contributed by atoms with Crippen LogP contribution in [0.25, 0.3) is 0 Å². The summed E-state index contributed by atoms with van der Waals surface area (Å²) >= 11 is 0. The van der Waals surface area contributed by atoms with Gasteiger partial charge in [0.2, 0.25) is 0 Å². The molecule has 19 heavy (non-hydrogen) atoms. The van der Waals surface area contributed by atoms with E-state index >= 15 is 0 Å². The van der Waals surface area contributed by atoms with Crippen molar-refractivity contribution in [1.82, 2.24) is 0 Å². The minimum atomic E-state index is -1.23. The molecule has 104 valence electrons. The lowest BCUT2D eigenvalue weighted by molar-refractivity contribution is 0.0693. The highest BCUT2D eigenvalue weighted by molar-refractivity contribution is 5.94. The summed E-state index contributed by atoms with van der Waals surface area (Å²) in [5, 5.41) is 12.2. The van der Waals surface area contributed by atoms with Crippen LogP contribution in [0.2, 0.25) is 0 Å². The van der Waals surface area contributed by atoms with E-state index in [-0.39, 0.29) is 11.0 Å². The average Bonchev–Trinajstić information content (AvgIpc) is 2.37. The summed E-state index contributed by atoms with van der Waals surface area (Å²) in [5.41, 5.74) is 0.293. The minimum absolute atomic E-state index is 0.181. The number of halogens is 1. The maximum absolute atomic E-state index is 13.5. The Kier molecular flexibility index (Phi) is 4.08. The van der Waals surface area contributed by atoms with Crippen LogP contribution in [0.5, 0.6) is 0 Å². The number of hydrogen-bond acceptors (Lipinski definition) is 2. The topological polar surface area (TPSA) is 49.3 Å². The predicted molar refractivity (Wildman–Crippen MR) is 73.0 cm³/mol. The van der Waals surface area contributed by atoms with Crippen molar-refractivity contribution in [2.75, 3.05) is 11.9 Å². The summed E-state index contributed by atoms with van der Waals surface area (Å²) in [7, 11) is 0. The summed E-state index contributed by atoms with van der Waals surface area (Å²) in [6.45, 7) is 2.90. The van der Waals surface area contributed by atoms with Crippen LogP contribution < -0.4 is 5.32 Å². The van der Waals surface area contributed by atoms with E-state index in [9.17, 15) is 9.18 Å². The van der Waals surface area contributed by atoms with Crippen molar-refractivity contribution in [2.45, 2.75) is 39.0 Å². The Morgan fingerprint density at radius 2 is 2.05 bits per heavy atom. The molecule has 1 saturated carbocycles. The van der Waals surface area contributed by atoms with Gasteiger partial charge in [-0.2, -0.15) is 0 Å². The molecular formula is C15H20FNO2. The molecule has 1 aliphatic carbocycles. The Morgan fingerprint density at radius 1 is 1.37 bits per heavy atom. The summed E-state index contributed by atoms with van der Waals surface area (Å²) in [6, 6.07) is 4.34. The number of anilines is 1. The Morgan fingerprint density at radius 3 is 2.68 bits per heavy atom. The zero-order chi connectivity index (χ0) is 13.9. The van der Waals surface area contributed by atoms with Gasteiger partial charge in [0.15, 0.2) is 0 Å². The summed E-state index contributed by atoms with van der Waals surface area (Å²) in [4.78, 5) is 11.1. The summed E-state index contributed by atoms with van der Waals surface area (Å²) in [5.74, 6) is -1.92. The van der Waals surface area contributed by atoms with Crippen LogP contribution in [0.4, 0.5) is 10.1 Å². The van der Waals surface area contributed by atoms with Crippen LogP contribution in [0.15, 0.2) is 18.2 Å². The van der Waals surface area contributed by atoms with Gasteiger partial charge in [0.1, 0.15) is 11.4 Å². The molecule has 0 amide bonds. The Bertz CT molecular complexity index is 467. The number of benzene rings is 1. The average molecular weight is 265 g/mol. The molecule has 0 heterocycles. The zero-order valence-corrected chi connectivity index (χ0v) is 11.2. The van der Waals surface area contributed by atoms with Gasteiger partial charge in [-0.1, -0.05) is 32.3 Å². The number of aromatic carboxylic acids is 1. The highest BCUT2D eigenvalue weighted by Crippen LogP contribution is 2.36. The number of carbonyl (C=O) groups is 1. The van der Waals surface area contributed by atoms with E-state index in [1.54, 1.807) is 6.07 Å². The minimum Gasteiger partial charge on any atom is -0.478 e. The third-order valence-corrected chi connectivity index (χ3v) is 3.99. The molecule has 0 saturated heterocycles. The monoisotopic (exact) mass is 265 g/mol. The molecular weight excluding hydrogens is 245 g/mol. The van der Waals surface area contributed by atoms with Crippen molar-refractivity contribution in [2.24, 2.45) is 5.41 Å². The van der Waals surface area contributed by atoms with Gasteiger partial charge in [-0.15, -0.1) is 0 Å². The third-order valence-electron chi connectivity index (χ3n) is 3.99.